The normalized spacial score (nSPS) is 26.8. The Bertz CT molecular complexity index is 315. The molecule has 0 spiro atoms. The number of hydrogen-bond acceptors (Lipinski definition) is 1. The molecule has 2 rings (SSSR count). The van der Waals surface area contributed by atoms with Gasteiger partial charge < -0.3 is 4.74 Å². The van der Waals surface area contributed by atoms with Gasteiger partial charge in [0.2, 0.25) is 0 Å². The minimum atomic E-state index is 0.322. The highest BCUT2D eigenvalue weighted by Crippen LogP contribution is 2.28. The van der Waals surface area contributed by atoms with E-state index in [1.807, 2.05) is 6.07 Å². The topological polar surface area (TPSA) is 9.23 Å². The molecule has 0 bridgehead atoms. The third-order valence-corrected chi connectivity index (χ3v) is 2.92. The highest BCUT2D eigenvalue weighted by Gasteiger charge is 2.27. The molecule has 1 heteroatoms. The number of ether oxygens (including phenoxy) is 1. The van der Waals surface area contributed by atoms with Gasteiger partial charge in [0.15, 0.2) is 0 Å². The van der Waals surface area contributed by atoms with Gasteiger partial charge >= 0.3 is 0 Å². The molecule has 0 amide bonds. The average molecular weight is 188 g/mol. The first-order valence-electron chi connectivity index (χ1n) is 5.10. The fourth-order valence-corrected chi connectivity index (χ4v) is 1.97. The van der Waals surface area contributed by atoms with E-state index in [-0.39, 0.29) is 0 Å². The van der Waals surface area contributed by atoms with Crippen molar-refractivity contribution in [2.24, 2.45) is 5.92 Å². The maximum absolute atomic E-state index is 5.55. The molecule has 0 saturated carbocycles. The lowest BCUT2D eigenvalue weighted by atomic mass is 9.91. The van der Waals surface area contributed by atoms with Crippen molar-refractivity contribution < 1.29 is 4.74 Å². The molecule has 0 aromatic heterocycles. The zero-order chi connectivity index (χ0) is 9.97. The summed E-state index contributed by atoms with van der Waals surface area (Å²) in [5, 5.41) is 0. The van der Waals surface area contributed by atoms with E-state index in [1.54, 1.807) is 0 Å². The SMILES string of the molecule is C=C1CO[C@@H](C)[C@H]1Cc1ccccc1. The van der Waals surface area contributed by atoms with Crippen molar-refractivity contribution in [3.05, 3.63) is 48.0 Å². The van der Waals surface area contributed by atoms with Crippen molar-refractivity contribution in [2.75, 3.05) is 6.61 Å². The van der Waals surface area contributed by atoms with Gasteiger partial charge in [0, 0.05) is 5.92 Å². The summed E-state index contributed by atoms with van der Waals surface area (Å²) in [7, 11) is 0. The van der Waals surface area contributed by atoms with Crippen LogP contribution in [-0.2, 0) is 11.2 Å². The molecule has 1 aromatic rings. The van der Waals surface area contributed by atoms with Crippen molar-refractivity contribution in [1.82, 2.24) is 0 Å². The van der Waals surface area contributed by atoms with Crippen molar-refractivity contribution in [3.63, 3.8) is 0 Å². The highest BCUT2D eigenvalue weighted by atomic mass is 16.5. The molecule has 1 fully saturated rings. The molecule has 1 aliphatic rings. The molecule has 1 nitrogen and oxygen atoms in total. The Morgan fingerprint density at radius 1 is 1.36 bits per heavy atom. The Labute approximate surface area is 85.4 Å². The fraction of sp³-hybridized carbons (Fsp3) is 0.385. The molecular formula is C13H16O. The molecule has 1 aliphatic heterocycles. The number of hydrogen-bond donors (Lipinski definition) is 0. The monoisotopic (exact) mass is 188 g/mol. The predicted molar refractivity (Wildman–Crippen MR) is 58.2 cm³/mol. The van der Waals surface area contributed by atoms with E-state index >= 15 is 0 Å². The minimum absolute atomic E-state index is 0.322. The third-order valence-electron chi connectivity index (χ3n) is 2.92. The molecule has 74 valence electrons. The zero-order valence-electron chi connectivity index (χ0n) is 8.57. The van der Waals surface area contributed by atoms with E-state index in [4.69, 9.17) is 4.74 Å². The van der Waals surface area contributed by atoms with Gasteiger partial charge in [-0.25, -0.2) is 0 Å². The molecule has 0 aliphatic carbocycles. The quantitative estimate of drug-likeness (QED) is 0.648. The second-order valence-corrected chi connectivity index (χ2v) is 3.97. The Morgan fingerprint density at radius 3 is 2.64 bits per heavy atom. The summed E-state index contributed by atoms with van der Waals surface area (Å²) >= 11 is 0. The van der Waals surface area contributed by atoms with Crippen molar-refractivity contribution in [2.45, 2.75) is 19.4 Å². The standard InChI is InChI=1S/C13H16O/c1-10-9-14-11(2)13(10)8-12-6-4-3-5-7-12/h3-7,11,13H,1,8-9H2,2H3/t11-,13-/m0/s1. The molecule has 0 radical (unpaired) electrons. The van der Waals surface area contributed by atoms with Crippen LogP contribution in [0.25, 0.3) is 0 Å². The van der Waals surface area contributed by atoms with Gasteiger partial charge in [-0.05, 0) is 24.5 Å². The molecule has 1 saturated heterocycles. The van der Waals surface area contributed by atoms with Crippen LogP contribution in [0.5, 0.6) is 0 Å². The van der Waals surface area contributed by atoms with Gasteiger partial charge in [-0.1, -0.05) is 36.9 Å². The molecule has 1 aromatic carbocycles. The Kier molecular flexibility index (Phi) is 2.69. The van der Waals surface area contributed by atoms with Crippen LogP contribution in [0.1, 0.15) is 12.5 Å². The number of benzene rings is 1. The highest BCUT2D eigenvalue weighted by molar-refractivity contribution is 5.20. The largest absolute Gasteiger partial charge is 0.374 e. The van der Waals surface area contributed by atoms with Gasteiger partial charge in [-0.3, -0.25) is 0 Å². The molecule has 0 unspecified atom stereocenters. The van der Waals surface area contributed by atoms with Gasteiger partial charge in [0.1, 0.15) is 0 Å². The van der Waals surface area contributed by atoms with Crippen LogP contribution >= 0.6 is 0 Å². The van der Waals surface area contributed by atoms with E-state index in [1.165, 1.54) is 11.1 Å². The number of rotatable bonds is 2. The minimum Gasteiger partial charge on any atom is -0.374 e. The van der Waals surface area contributed by atoms with Crippen LogP contribution in [0.4, 0.5) is 0 Å². The molecule has 2 atom stereocenters. The first-order valence-corrected chi connectivity index (χ1v) is 5.10. The van der Waals surface area contributed by atoms with E-state index in [9.17, 15) is 0 Å². The maximum Gasteiger partial charge on any atom is 0.0681 e. The maximum atomic E-state index is 5.55. The Hall–Kier alpha value is -1.08. The lowest BCUT2D eigenvalue weighted by molar-refractivity contribution is 0.106. The molecule has 14 heavy (non-hydrogen) atoms. The molecule has 1 heterocycles. The Morgan fingerprint density at radius 2 is 2.07 bits per heavy atom. The third kappa shape index (κ3) is 1.88. The molecular weight excluding hydrogens is 172 g/mol. The van der Waals surface area contributed by atoms with Crippen molar-refractivity contribution >= 4 is 0 Å². The van der Waals surface area contributed by atoms with Gasteiger partial charge in [-0.15, -0.1) is 0 Å². The lowest BCUT2D eigenvalue weighted by Crippen LogP contribution is -2.14. The van der Waals surface area contributed by atoms with E-state index in [0.29, 0.717) is 12.0 Å². The van der Waals surface area contributed by atoms with E-state index < -0.39 is 0 Å². The summed E-state index contributed by atoms with van der Waals surface area (Å²) in [4.78, 5) is 0. The summed E-state index contributed by atoms with van der Waals surface area (Å²) in [6.45, 7) is 6.92. The van der Waals surface area contributed by atoms with Crippen LogP contribution in [0.2, 0.25) is 0 Å². The van der Waals surface area contributed by atoms with E-state index in [2.05, 4.69) is 37.8 Å². The molecule has 0 N–H and O–H groups in total. The summed E-state index contributed by atoms with van der Waals surface area (Å²) in [6, 6.07) is 10.5. The van der Waals surface area contributed by atoms with Gasteiger partial charge in [0.05, 0.1) is 12.7 Å². The second kappa shape index (κ2) is 3.97. The zero-order valence-corrected chi connectivity index (χ0v) is 8.57. The lowest BCUT2D eigenvalue weighted by Gasteiger charge is -2.14. The van der Waals surface area contributed by atoms with Crippen molar-refractivity contribution in [3.8, 4) is 0 Å². The van der Waals surface area contributed by atoms with E-state index in [0.717, 1.165) is 13.0 Å². The van der Waals surface area contributed by atoms with Gasteiger partial charge in [0.25, 0.3) is 0 Å². The summed E-state index contributed by atoms with van der Waals surface area (Å²) in [5.41, 5.74) is 2.61. The fourth-order valence-electron chi connectivity index (χ4n) is 1.97. The van der Waals surface area contributed by atoms with Crippen LogP contribution < -0.4 is 0 Å². The summed E-state index contributed by atoms with van der Waals surface area (Å²) < 4.78 is 5.55. The van der Waals surface area contributed by atoms with Crippen LogP contribution in [-0.4, -0.2) is 12.7 Å². The Balaban J connectivity index is 2.07. The van der Waals surface area contributed by atoms with Crippen molar-refractivity contribution in [1.29, 1.82) is 0 Å². The van der Waals surface area contributed by atoms with Crippen LogP contribution in [0.15, 0.2) is 42.5 Å². The predicted octanol–water partition coefficient (Wildman–Crippen LogP) is 2.82. The smallest absolute Gasteiger partial charge is 0.0681 e. The van der Waals surface area contributed by atoms with Gasteiger partial charge in [-0.2, -0.15) is 0 Å². The summed E-state index contributed by atoms with van der Waals surface area (Å²) in [5.74, 6) is 0.498. The van der Waals surface area contributed by atoms with Crippen LogP contribution in [0, 0.1) is 5.92 Å². The first-order chi connectivity index (χ1) is 6.77. The van der Waals surface area contributed by atoms with Crippen LogP contribution in [0.3, 0.4) is 0 Å². The first kappa shape index (κ1) is 9.47. The second-order valence-electron chi connectivity index (χ2n) is 3.97. The summed E-state index contributed by atoms with van der Waals surface area (Å²) in [6.07, 6.45) is 1.38. The average Bonchev–Trinajstić information content (AvgIpc) is 2.51.